The molecule has 0 atom stereocenters. The minimum Gasteiger partial charge on any atom is -0.324 e. The normalized spacial score (nSPS) is 15.0. The number of anilines is 1. The summed E-state index contributed by atoms with van der Waals surface area (Å²) >= 11 is 0. The zero-order chi connectivity index (χ0) is 19.5. The highest BCUT2D eigenvalue weighted by atomic mass is 16.2. The molecule has 3 aromatic rings. The second-order valence-electron chi connectivity index (χ2n) is 7.30. The third kappa shape index (κ3) is 3.90. The average molecular weight is 379 g/mol. The minimum absolute atomic E-state index is 0.0404. The topological polar surface area (TPSA) is 80.9 Å². The summed E-state index contributed by atoms with van der Waals surface area (Å²) in [7, 11) is 2.00. The Morgan fingerprint density at radius 1 is 1.21 bits per heavy atom. The van der Waals surface area contributed by atoms with Gasteiger partial charge in [0.15, 0.2) is 5.82 Å². The van der Waals surface area contributed by atoms with Crippen molar-refractivity contribution in [1.82, 2.24) is 29.4 Å². The lowest BCUT2D eigenvalue weighted by molar-refractivity contribution is 0.193. The summed E-state index contributed by atoms with van der Waals surface area (Å²) in [6.45, 7) is 4.05. The van der Waals surface area contributed by atoms with Crippen LogP contribution < -0.4 is 5.32 Å². The molecule has 0 bridgehead atoms. The zero-order valence-corrected chi connectivity index (χ0v) is 16.2. The van der Waals surface area contributed by atoms with E-state index in [1.54, 1.807) is 6.20 Å². The smallest absolute Gasteiger partial charge is 0.321 e. The molecule has 146 valence electrons. The molecule has 1 fully saturated rings. The molecule has 1 N–H and O–H groups in total. The highest BCUT2D eigenvalue weighted by Gasteiger charge is 2.27. The number of carbonyl (C=O) groups excluding carboxylic acids is 1. The Balaban J connectivity index is 1.35. The molecule has 0 spiro atoms. The second-order valence-corrected chi connectivity index (χ2v) is 7.30. The van der Waals surface area contributed by atoms with Crippen LogP contribution in [0.4, 0.5) is 10.5 Å². The van der Waals surface area contributed by atoms with Gasteiger partial charge < -0.3 is 14.8 Å². The Morgan fingerprint density at radius 3 is 2.75 bits per heavy atom. The molecule has 2 amide bonds. The third-order valence-corrected chi connectivity index (χ3v) is 5.28. The Bertz CT molecular complexity index is 939. The lowest BCUT2D eigenvalue weighted by Crippen LogP contribution is -2.40. The van der Waals surface area contributed by atoms with Gasteiger partial charge in [0, 0.05) is 44.1 Å². The SMILES string of the molecule is Cc1cccc(NC(=O)N2CCC(c3nnc(Cn4cccn4)n3C)CC2)c1. The highest BCUT2D eigenvalue weighted by molar-refractivity contribution is 5.89. The first-order valence-corrected chi connectivity index (χ1v) is 9.58. The van der Waals surface area contributed by atoms with E-state index in [-0.39, 0.29) is 6.03 Å². The highest BCUT2D eigenvalue weighted by Crippen LogP contribution is 2.27. The van der Waals surface area contributed by atoms with Crippen LogP contribution in [0, 0.1) is 6.92 Å². The predicted molar refractivity (Wildman–Crippen MR) is 106 cm³/mol. The van der Waals surface area contributed by atoms with E-state index < -0.39 is 0 Å². The average Bonchev–Trinajstić information content (AvgIpc) is 3.33. The van der Waals surface area contributed by atoms with Crippen LogP contribution in [0.2, 0.25) is 0 Å². The molecule has 0 saturated carbocycles. The van der Waals surface area contributed by atoms with E-state index in [1.807, 2.05) is 60.1 Å². The summed E-state index contributed by atoms with van der Waals surface area (Å²) in [5, 5.41) is 16.0. The first kappa shape index (κ1) is 18.2. The molecule has 8 nitrogen and oxygen atoms in total. The maximum atomic E-state index is 12.5. The van der Waals surface area contributed by atoms with Gasteiger partial charge in [-0.15, -0.1) is 10.2 Å². The van der Waals surface area contributed by atoms with E-state index in [0.717, 1.165) is 35.7 Å². The molecule has 0 radical (unpaired) electrons. The molecule has 1 aromatic carbocycles. The molecular formula is C20H25N7O. The lowest BCUT2D eigenvalue weighted by Gasteiger charge is -2.31. The minimum atomic E-state index is -0.0404. The number of nitrogens with zero attached hydrogens (tertiary/aromatic N) is 6. The number of piperidine rings is 1. The Hall–Kier alpha value is -3.16. The molecule has 28 heavy (non-hydrogen) atoms. The van der Waals surface area contributed by atoms with Crippen molar-refractivity contribution >= 4 is 11.7 Å². The molecule has 2 aromatic heterocycles. The first-order chi connectivity index (χ1) is 13.6. The number of carbonyl (C=O) groups is 1. The molecule has 1 saturated heterocycles. The van der Waals surface area contributed by atoms with Crippen molar-refractivity contribution in [3.8, 4) is 0 Å². The lowest BCUT2D eigenvalue weighted by atomic mass is 9.96. The van der Waals surface area contributed by atoms with Crippen molar-refractivity contribution in [2.45, 2.75) is 32.2 Å². The number of hydrogen-bond donors (Lipinski definition) is 1. The summed E-state index contributed by atoms with van der Waals surface area (Å²) in [5.41, 5.74) is 1.97. The Morgan fingerprint density at radius 2 is 2.04 bits per heavy atom. The van der Waals surface area contributed by atoms with Crippen molar-refractivity contribution in [3.05, 3.63) is 59.9 Å². The molecule has 0 unspecified atom stereocenters. The van der Waals surface area contributed by atoms with Gasteiger partial charge in [-0.25, -0.2) is 4.79 Å². The number of urea groups is 1. The number of amides is 2. The van der Waals surface area contributed by atoms with Crippen LogP contribution >= 0.6 is 0 Å². The molecule has 4 rings (SSSR count). The third-order valence-electron chi connectivity index (χ3n) is 5.28. The van der Waals surface area contributed by atoms with Crippen LogP contribution in [0.1, 0.15) is 36.0 Å². The molecule has 1 aliphatic heterocycles. The second kappa shape index (κ2) is 7.84. The van der Waals surface area contributed by atoms with Crippen molar-refractivity contribution in [2.75, 3.05) is 18.4 Å². The molecule has 0 aliphatic carbocycles. The van der Waals surface area contributed by atoms with Gasteiger partial charge in [-0.2, -0.15) is 5.10 Å². The standard InChI is InChI=1S/C20H25N7O/c1-15-5-3-6-17(13-15)22-20(28)26-11-7-16(8-12-26)19-24-23-18(25(19)2)14-27-10-4-9-21-27/h3-6,9-10,13,16H,7-8,11-12,14H2,1-2H3,(H,22,28). The van der Waals surface area contributed by atoms with Gasteiger partial charge in [0.05, 0.1) is 0 Å². The van der Waals surface area contributed by atoms with Crippen LogP contribution in [-0.4, -0.2) is 48.6 Å². The maximum Gasteiger partial charge on any atom is 0.321 e. The van der Waals surface area contributed by atoms with Crippen molar-refractivity contribution in [1.29, 1.82) is 0 Å². The summed E-state index contributed by atoms with van der Waals surface area (Å²) in [4.78, 5) is 14.4. The largest absolute Gasteiger partial charge is 0.324 e. The van der Waals surface area contributed by atoms with Gasteiger partial charge in [0.2, 0.25) is 0 Å². The molecule has 1 aliphatic rings. The van der Waals surface area contributed by atoms with Crippen LogP contribution in [0.3, 0.4) is 0 Å². The summed E-state index contributed by atoms with van der Waals surface area (Å²) in [6, 6.07) is 9.72. The summed E-state index contributed by atoms with van der Waals surface area (Å²) < 4.78 is 3.90. The van der Waals surface area contributed by atoms with E-state index >= 15 is 0 Å². The number of aryl methyl sites for hydroxylation is 1. The number of benzene rings is 1. The number of hydrogen-bond acceptors (Lipinski definition) is 4. The van der Waals surface area contributed by atoms with Gasteiger partial charge in [0.1, 0.15) is 12.4 Å². The fourth-order valence-corrected chi connectivity index (χ4v) is 3.67. The van der Waals surface area contributed by atoms with Gasteiger partial charge in [0.25, 0.3) is 0 Å². The molecular weight excluding hydrogens is 354 g/mol. The van der Waals surface area contributed by atoms with Crippen LogP contribution in [0.25, 0.3) is 0 Å². The van der Waals surface area contributed by atoms with Crippen molar-refractivity contribution in [3.63, 3.8) is 0 Å². The maximum absolute atomic E-state index is 12.5. The number of rotatable bonds is 4. The van der Waals surface area contributed by atoms with Crippen LogP contribution in [-0.2, 0) is 13.6 Å². The Labute approximate surface area is 164 Å². The van der Waals surface area contributed by atoms with Gasteiger partial charge >= 0.3 is 6.03 Å². The van der Waals surface area contributed by atoms with Crippen LogP contribution in [0.5, 0.6) is 0 Å². The van der Waals surface area contributed by atoms with E-state index in [4.69, 9.17) is 0 Å². The number of likely N-dealkylation sites (tertiary alicyclic amines) is 1. The van der Waals surface area contributed by atoms with Gasteiger partial charge in [-0.05, 0) is 43.5 Å². The monoisotopic (exact) mass is 379 g/mol. The molecule has 3 heterocycles. The number of nitrogens with one attached hydrogen (secondary N) is 1. The molecule has 8 heteroatoms. The van der Waals surface area contributed by atoms with E-state index in [0.29, 0.717) is 25.6 Å². The first-order valence-electron chi connectivity index (χ1n) is 9.58. The predicted octanol–water partition coefficient (Wildman–Crippen LogP) is 2.78. The van der Waals surface area contributed by atoms with Crippen molar-refractivity contribution < 1.29 is 4.79 Å². The van der Waals surface area contributed by atoms with E-state index in [1.165, 1.54) is 0 Å². The van der Waals surface area contributed by atoms with Gasteiger partial charge in [-0.1, -0.05) is 12.1 Å². The zero-order valence-electron chi connectivity index (χ0n) is 16.2. The summed E-state index contributed by atoms with van der Waals surface area (Å²) in [5.74, 6) is 2.19. The Kier molecular flexibility index (Phi) is 5.10. The van der Waals surface area contributed by atoms with Crippen LogP contribution in [0.15, 0.2) is 42.7 Å². The quantitative estimate of drug-likeness (QED) is 0.756. The van der Waals surface area contributed by atoms with Gasteiger partial charge in [-0.3, -0.25) is 4.68 Å². The van der Waals surface area contributed by atoms with E-state index in [9.17, 15) is 4.79 Å². The number of aromatic nitrogens is 5. The van der Waals surface area contributed by atoms with Crippen molar-refractivity contribution in [2.24, 2.45) is 7.05 Å². The van der Waals surface area contributed by atoms with E-state index in [2.05, 4.69) is 25.2 Å². The fraction of sp³-hybridized carbons (Fsp3) is 0.400. The summed E-state index contributed by atoms with van der Waals surface area (Å²) in [6.07, 6.45) is 5.44. The fourth-order valence-electron chi connectivity index (χ4n) is 3.67.